The largest absolute Gasteiger partial charge is 0.109 e. The monoisotopic (exact) mass is 216 g/mol. The molecule has 1 rings (SSSR count). The lowest BCUT2D eigenvalue weighted by Crippen LogP contribution is -2.44. The van der Waals surface area contributed by atoms with Crippen LogP contribution in [0.4, 0.5) is 0 Å². The van der Waals surface area contributed by atoms with Gasteiger partial charge in [0.2, 0.25) is 0 Å². The van der Waals surface area contributed by atoms with Crippen LogP contribution in [0.1, 0.15) is 19.4 Å². The molecule has 0 saturated heterocycles. The first-order chi connectivity index (χ1) is 7.22. The summed E-state index contributed by atoms with van der Waals surface area (Å²) in [7, 11) is -1.40. The van der Waals surface area contributed by atoms with Crippen molar-refractivity contribution in [2.75, 3.05) is 0 Å². The first kappa shape index (κ1) is 12.0. The van der Waals surface area contributed by atoms with Crippen molar-refractivity contribution in [2.45, 2.75) is 25.9 Å². The minimum atomic E-state index is -1.40. The highest BCUT2D eigenvalue weighted by atomic mass is 28.3. The van der Waals surface area contributed by atoms with Gasteiger partial charge in [0, 0.05) is 0 Å². The molecule has 0 N–H and O–H groups in total. The SMILES string of the molecule is C=Cc1ccc([Si](C=C)(CC)CC)cc1. The van der Waals surface area contributed by atoms with Gasteiger partial charge in [-0.15, -0.1) is 6.58 Å². The molecule has 0 radical (unpaired) electrons. The summed E-state index contributed by atoms with van der Waals surface area (Å²) in [6.07, 6.45) is 1.89. The first-order valence-electron chi connectivity index (χ1n) is 5.59. The van der Waals surface area contributed by atoms with Gasteiger partial charge >= 0.3 is 0 Å². The van der Waals surface area contributed by atoms with E-state index >= 15 is 0 Å². The molecule has 0 heterocycles. The molecule has 0 nitrogen and oxygen atoms in total. The molecule has 0 fully saturated rings. The molecular formula is C14H20Si. The average Bonchev–Trinajstić information content (AvgIpc) is 2.33. The molecule has 0 aliphatic carbocycles. The van der Waals surface area contributed by atoms with Gasteiger partial charge in [-0.3, -0.25) is 0 Å². The Balaban J connectivity index is 3.12. The van der Waals surface area contributed by atoms with E-state index in [1.165, 1.54) is 22.8 Å². The predicted octanol–water partition coefficient (Wildman–Crippen LogP) is 3.75. The number of hydrogen-bond acceptors (Lipinski definition) is 0. The highest BCUT2D eigenvalue weighted by Crippen LogP contribution is 2.16. The van der Waals surface area contributed by atoms with Gasteiger partial charge < -0.3 is 0 Å². The molecule has 15 heavy (non-hydrogen) atoms. The maximum atomic E-state index is 4.04. The van der Waals surface area contributed by atoms with Gasteiger partial charge in [0.05, 0.1) is 0 Å². The molecular weight excluding hydrogens is 196 g/mol. The van der Waals surface area contributed by atoms with Crippen molar-refractivity contribution in [1.82, 2.24) is 0 Å². The van der Waals surface area contributed by atoms with Crippen LogP contribution in [0.25, 0.3) is 6.08 Å². The molecule has 0 aliphatic rings. The molecule has 0 amide bonds. The maximum Gasteiger partial charge on any atom is 0.109 e. The lowest BCUT2D eigenvalue weighted by Gasteiger charge is -2.25. The molecule has 80 valence electrons. The summed E-state index contributed by atoms with van der Waals surface area (Å²) in [5.74, 6) is 0. The second-order valence-electron chi connectivity index (χ2n) is 3.89. The van der Waals surface area contributed by atoms with E-state index < -0.39 is 8.07 Å². The van der Waals surface area contributed by atoms with Gasteiger partial charge in [-0.05, 0) is 5.56 Å². The Kier molecular flexibility index (Phi) is 4.10. The third-order valence-electron chi connectivity index (χ3n) is 3.37. The van der Waals surface area contributed by atoms with Gasteiger partial charge in [0.15, 0.2) is 0 Å². The molecule has 1 heteroatoms. The van der Waals surface area contributed by atoms with E-state index in [4.69, 9.17) is 0 Å². The van der Waals surface area contributed by atoms with Crippen LogP contribution in [0.5, 0.6) is 0 Å². The molecule has 0 aromatic heterocycles. The van der Waals surface area contributed by atoms with Crippen molar-refractivity contribution in [3.8, 4) is 0 Å². The summed E-state index contributed by atoms with van der Waals surface area (Å²) in [5.41, 5.74) is 3.41. The van der Waals surface area contributed by atoms with Crippen molar-refractivity contribution in [1.29, 1.82) is 0 Å². The van der Waals surface area contributed by atoms with Gasteiger partial charge in [-0.1, -0.05) is 73.7 Å². The normalized spacial score (nSPS) is 11.1. The van der Waals surface area contributed by atoms with E-state index in [2.05, 4.69) is 57.0 Å². The van der Waals surface area contributed by atoms with Crippen molar-refractivity contribution in [2.24, 2.45) is 0 Å². The molecule has 0 bridgehead atoms. The summed E-state index contributed by atoms with van der Waals surface area (Å²) in [4.78, 5) is 0. The van der Waals surface area contributed by atoms with Gasteiger partial charge in [0.1, 0.15) is 8.07 Å². The van der Waals surface area contributed by atoms with Crippen molar-refractivity contribution < 1.29 is 0 Å². The Morgan fingerprint density at radius 1 is 1.07 bits per heavy atom. The van der Waals surface area contributed by atoms with E-state index in [1.54, 1.807) is 0 Å². The summed E-state index contributed by atoms with van der Waals surface area (Å²) < 4.78 is 0. The molecule has 1 aromatic carbocycles. The number of benzene rings is 1. The van der Waals surface area contributed by atoms with Crippen LogP contribution in [0.2, 0.25) is 12.1 Å². The minimum Gasteiger partial charge on any atom is -0.107 e. The van der Waals surface area contributed by atoms with Crippen LogP contribution >= 0.6 is 0 Å². The quantitative estimate of drug-likeness (QED) is 0.658. The fourth-order valence-electron chi connectivity index (χ4n) is 2.02. The van der Waals surface area contributed by atoms with E-state index in [9.17, 15) is 0 Å². The summed E-state index contributed by atoms with van der Waals surface area (Å²) in [6.45, 7) is 12.4. The number of rotatable bonds is 5. The Morgan fingerprint density at radius 3 is 1.93 bits per heavy atom. The lowest BCUT2D eigenvalue weighted by molar-refractivity contribution is 1.29. The first-order valence-corrected chi connectivity index (χ1v) is 8.08. The Morgan fingerprint density at radius 2 is 1.60 bits per heavy atom. The second kappa shape index (κ2) is 5.13. The Hall–Kier alpha value is -1.08. The minimum absolute atomic E-state index is 1.19. The van der Waals surface area contributed by atoms with Crippen LogP contribution in [-0.4, -0.2) is 8.07 Å². The predicted molar refractivity (Wildman–Crippen MR) is 73.1 cm³/mol. The Labute approximate surface area is 94.4 Å². The highest BCUT2D eigenvalue weighted by molar-refractivity contribution is 6.95. The van der Waals surface area contributed by atoms with Crippen LogP contribution in [0.15, 0.2) is 43.1 Å². The third-order valence-corrected chi connectivity index (χ3v) is 8.16. The van der Waals surface area contributed by atoms with Gasteiger partial charge in [-0.2, -0.15) is 0 Å². The maximum absolute atomic E-state index is 4.04. The zero-order valence-corrected chi connectivity index (χ0v) is 10.8. The van der Waals surface area contributed by atoms with Gasteiger partial charge in [0.25, 0.3) is 0 Å². The number of hydrogen-bond donors (Lipinski definition) is 0. The highest BCUT2D eigenvalue weighted by Gasteiger charge is 2.26. The lowest BCUT2D eigenvalue weighted by atomic mass is 10.2. The van der Waals surface area contributed by atoms with E-state index in [1.807, 2.05) is 6.08 Å². The topological polar surface area (TPSA) is 0 Å². The molecule has 0 atom stereocenters. The van der Waals surface area contributed by atoms with E-state index in [0.29, 0.717) is 0 Å². The molecule has 0 saturated carbocycles. The standard InChI is InChI=1S/C14H20Si/c1-5-13-9-11-14(12-10-13)15(6-2,7-3)8-4/h5-6,9-12H,1-2,7-8H2,3-4H3. The Bertz CT molecular complexity index is 331. The molecule has 0 spiro atoms. The zero-order chi connectivity index (χ0) is 11.3. The summed E-state index contributed by atoms with van der Waals surface area (Å²) in [6, 6.07) is 11.3. The van der Waals surface area contributed by atoms with E-state index in [-0.39, 0.29) is 0 Å². The zero-order valence-electron chi connectivity index (χ0n) is 9.79. The van der Waals surface area contributed by atoms with Crippen LogP contribution < -0.4 is 5.19 Å². The van der Waals surface area contributed by atoms with Crippen molar-refractivity contribution in [3.05, 3.63) is 48.7 Å². The van der Waals surface area contributed by atoms with Crippen molar-refractivity contribution >= 4 is 19.3 Å². The third kappa shape index (κ3) is 2.29. The van der Waals surface area contributed by atoms with Crippen LogP contribution in [0, 0.1) is 0 Å². The smallest absolute Gasteiger partial charge is 0.107 e. The molecule has 0 unspecified atom stereocenters. The van der Waals surface area contributed by atoms with Gasteiger partial charge in [-0.25, -0.2) is 0 Å². The summed E-state index contributed by atoms with van der Waals surface area (Å²) >= 11 is 0. The van der Waals surface area contributed by atoms with Crippen molar-refractivity contribution in [3.63, 3.8) is 0 Å². The second-order valence-corrected chi connectivity index (χ2v) is 8.61. The fraction of sp³-hybridized carbons (Fsp3) is 0.286. The van der Waals surface area contributed by atoms with Crippen LogP contribution in [0.3, 0.4) is 0 Å². The van der Waals surface area contributed by atoms with Crippen LogP contribution in [-0.2, 0) is 0 Å². The molecule has 1 aromatic rings. The average molecular weight is 216 g/mol. The van der Waals surface area contributed by atoms with E-state index in [0.717, 1.165) is 0 Å². The summed E-state index contributed by atoms with van der Waals surface area (Å²) in [5, 5.41) is 1.49. The fourth-order valence-corrected chi connectivity index (χ4v) is 4.98. The molecule has 0 aliphatic heterocycles.